The Morgan fingerprint density at radius 3 is 1.41 bits per heavy atom. The van der Waals surface area contributed by atoms with Crippen LogP contribution in [0.25, 0.3) is 0 Å². The zero-order valence-electron chi connectivity index (χ0n) is 9.96. The van der Waals surface area contributed by atoms with Gasteiger partial charge in [-0.2, -0.15) is 0 Å². The molecule has 0 nitrogen and oxygen atoms in total. The molecule has 0 N–H and O–H groups in total. The Bertz CT molecular complexity index is 929. The van der Waals surface area contributed by atoms with Crippen molar-refractivity contribution in [3.05, 3.63) is 25.3 Å². The number of hydrogen-bond acceptors (Lipinski definition) is 0. The molecule has 10 rings (SSSR count). The van der Waals surface area contributed by atoms with Crippen molar-refractivity contribution in [2.24, 2.45) is 0 Å². The summed E-state index contributed by atoms with van der Waals surface area (Å²) in [5.41, 5.74) is 0. The maximum atomic E-state index is 4.16. The molecule has 1 spiro atoms. The van der Waals surface area contributed by atoms with Crippen LogP contribution in [-0.2, 0) is 6.51 Å². The molecule has 10 aliphatic heterocycles. The number of hydrogen-bond donors (Lipinski definition) is 0. The van der Waals surface area contributed by atoms with Gasteiger partial charge in [0.2, 0.25) is 0 Å². The van der Waals surface area contributed by atoms with Crippen LogP contribution in [0.3, 0.4) is 0 Å². The van der Waals surface area contributed by atoms with Crippen LogP contribution in [0.15, 0.2) is 25.3 Å². The predicted molar refractivity (Wildman–Crippen MR) is 65.0 cm³/mol. The summed E-state index contributed by atoms with van der Waals surface area (Å²) in [7, 11) is 0. The summed E-state index contributed by atoms with van der Waals surface area (Å²) in [6.45, 7) is 5.38. The topological polar surface area (TPSA) is 0 Å². The molecule has 0 radical (unpaired) electrons. The van der Waals surface area contributed by atoms with Gasteiger partial charge in [0.15, 0.2) is 0 Å². The van der Waals surface area contributed by atoms with E-state index in [0.29, 0.717) is 0 Å². The van der Waals surface area contributed by atoms with Gasteiger partial charge in [-0.25, -0.2) is 0 Å². The van der Waals surface area contributed by atoms with E-state index in [-0.39, 0.29) is 0 Å². The van der Waals surface area contributed by atoms with Gasteiger partial charge in [-0.3, -0.25) is 0 Å². The van der Waals surface area contributed by atoms with Crippen LogP contribution in [-0.4, -0.2) is 0 Å². The second-order valence-corrected chi connectivity index (χ2v) is 34.5. The molecule has 1 heteroatoms. The first-order valence-corrected chi connectivity index (χ1v) is 13.7. The number of allylic oxidation sites excluding steroid dienone is 2. The summed E-state index contributed by atoms with van der Waals surface area (Å²) in [6.07, 6.45) is 7.60. The Balaban J connectivity index is 1.69. The molecule has 4 unspecified atom stereocenters. The molecule has 0 bridgehead atoms. The standard InChI is InChI=1S/C11H13.C5H5.Fe/c1-3-6-10-8-5-9-11(10)7-4-2;1-2-4-5-3-1;/h3-5,8-9H,1-2,6-7H2;1-5H;. The van der Waals surface area contributed by atoms with Gasteiger partial charge in [-0.15, -0.1) is 0 Å². The van der Waals surface area contributed by atoms with Crippen molar-refractivity contribution < 1.29 is 6.51 Å². The first-order chi connectivity index (χ1) is 8.06. The van der Waals surface area contributed by atoms with Crippen LogP contribution in [0.1, 0.15) is 12.8 Å². The SMILES string of the molecule is C=CC[C]12[CH]3[CH]4[CH]5[C]1(CC=C)[Fe]43521678[CH]2[CH]1[CH]6[CH]7[CH]28. The monoisotopic (exact) mass is 266 g/mol. The minimum absolute atomic E-state index is 1.00. The molecular formula is C16H18Fe. The number of fused-ring (bicyclic) bond motifs is 10. The molecule has 0 saturated carbocycles. The van der Waals surface area contributed by atoms with Gasteiger partial charge in [-0.1, -0.05) is 0 Å². The van der Waals surface area contributed by atoms with Gasteiger partial charge < -0.3 is 0 Å². The second-order valence-electron chi connectivity index (χ2n) is 11.0. The van der Waals surface area contributed by atoms with E-state index in [9.17, 15) is 0 Å². The maximum absolute atomic E-state index is 4.16. The average molecular weight is 266 g/mol. The number of rotatable bonds is 4. The fraction of sp³-hybridized carbons (Fsp3) is 0.750. The van der Waals surface area contributed by atoms with E-state index in [4.69, 9.17) is 0 Å². The molecule has 10 fully saturated rings. The Kier molecular flexibility index (Phi) is 0.189. The van der Waals surface area contributed by atoms with Gasteiger partial charge >= 0.3 is 91.8 Å². The zero-order chi connectivity index (χ0) is 10.8. The Hall–Kier alpha value is -0.000519. The average Bonchev–Trinajstić information content (AvgIpc) is 3.24. The molecule has 10 saturated heterocycles. The Morgan fingerprint density at radius 2 is 1.18 bits per heavy atom. The van der Waals surface area contributed by atoms with E-state index in [2.05, 4.69) is 25.3 Å². The van der Waals surface area contributed by atoms with E-state index in [0.717, 1.165) is 8.63 Å². The molecular weight excluding hydrogens is 248 g/mol. The van der Waals surface area contributed by atoms with Crippen LogP contribution >= 0.6 is 0 Å². The van der Waals surface area contributed by atoms with Crippen molar-refractivity contribution in [2.45, 2.75) is 60.0 Å². The molecule has 0 amide bonds. The van der Waals surface area contributed by atoms with E-state index < -0.39 is 6.51 Å². The van der Waals surface area contributed by atoms with Gasteiger partial charge in [0, 0.05) is 0 Å². The molecule has 10 heterocycles. The summed E-state index contributed by atoms with van der Waals surface area (Å²) >= 11 is 0. The van der Waals surface area contributed by atoms with Gasteiger partial charge in [0.1, 0.15) is 0 Å². The van der Waals surface area contributed by atoms with E-state index >= 15 is 0 Å². The molecule has 17 heavy (non-hydrogen) atoms. The molecule has 0 aromatic rings. The zero-order valence-corrected chi connectivity index (χ0v) is 11.1. The minimum atomic E-state index is -2.94. The third kappa shape index (κ3) is 0.0568. The Labute approximate surface area is 91.8 Å². The van der Waals surface area contributed by atoms with Crippen LogP contribution in [0, 0.1) is 0 Å². The van der Waals surface area contributed by atoms with Crippen LogP contribution in [0.5, 0.6) is 0 Å². The summed E-state index contributed by atoms with van der Waals surface area (Å²) in [4.78, 5) is 11.5. The normalized spacial score (nSPS) is 123. The van der Waals surface area contributed by atoms with Crippen molar-refractivity contribution >= 4 is 0 Å². The summed E-state index contributed by atoms with van der Waals surface area (Å²) in [6, 6.07) is 0. The molecule has 0 aliphatic carbocycles. The summed E-state index contributed by atoms with van der Waals surface area (Å²) in [5.74, 6) is 0. The van der Waals surface area contributed by atoms with E-state index in [1.54, 1.807) is 0 Å². The molecule has 10 aliphatic rings. The van der Waals surface area contributed by atoms with Crippen molar-refractivity contribution in [2.75, 3.05) is 0 Å². The second kappa shape index (κ2) is 0.498. The molecule has 0 aromatic heterocycles. The quantitative estimate of drug-likeness (QED) is 0.480. The van der Waals surface area contributed by atoms with Crippen molar-refractivity contribution in [3.63, 3.8) is 0 Å². The first kappa shape index (κ1) is 6.44. The van der Waals surface area contributed by atoms with Gasteiger partial charge in [0.25, 0.3) is 0 Å². The fourth-order valence-corrected chi connectivity index (χ4v) is 96.8. The fourth-order valence-electron chi connectivity index (χ4n) is 19.1. The van der Waals surface area contributed by atoms with E-state index in [1.165, 1.54) is 51.4 Å². The van der Waals surface area contributed by atoms with Crippen LogP contribution in [0.4, 0.5) is 0 Å². The van der Waals surface area contributed by atoms with Crippen molar-refractivity contribution in [3.8, 4) is 0 Å². The third-order valence-corrected chi connectivity index (χ3v) is 60.4. The van der Waals surface area contributed by atoms with Gasteiger partial charge in [0.05, 0.1) is 0 Å². The predicted octanol–water partition coefficient (Wildman–Crippen LogP) is 5.27. The first-order valence-electron chi connectivity index (χ1n) is 7.49. The summed E-state index contributed by atoms with van der Waals surface area (Å²) < 4.78 is 2.00. The van der Waals surface area contributed by atoms with Crippen LogP contribution in [0.2, 0.25) is 47.2 Å². The van der Waals surface area contributed by atoms with Crippen LogP contribution < -0.4 is 0 Å². The molecule has 4 atom stereocenters. The Morgan fingerprint density at radius 1 is 0.765 bits per heavy atom. The molecule has 90 valence electrons. The summed E-state index contributed by atoms with van der Waals surface area (Å²) in [5, 5.41) is 0. The molecule has 0 aromatic carbocycles. The van der Waals surface area contributed by atoms with Gasteiger partial charge in [-0.05, 0) is 0 Å². The van der Waals surface area contributed by atoms with E-state index in [1.807, 2.05) is 0 Å². The van der Waals surface area contributed by atoms with Crippen molar-refractivity contribution in [1.82, 2.24) is 0 Å². The third-order valence-electron chi connectivity index (χ3n) is 16.4. The van der Waals surface area contributed by atoms with Crippen molar-refractivity contribution in [1.29, 1.82) is 0 Å².